The van der Waals surface area contributed by atoms with Gasteiger partial charge in [0.2, 0.25) is 0 Å². The maximum absolute atomic E-state index is 12.5. The first-order chi connectivity index (χ1) is 25.6. The van der Waals surface area contributed by atoms with Crippen molar-refractivity contribution in [1.29, 1.82) is 0 Å². The predicted molar refractivity (Wildman–Crippen MR) is 208 cm³/mol. The van der Waals surface area contributed by atoms with Gasteiger partial charge in [-0.3, -0.25) is 9.98 Å². The van der Waals surface area contributed by atoms with Crippen molar-refractivity contribution in [2.75, 3.05) is 23.5 Å². The van der Waals surface area contributed by atoms with Gasteiger partial charge < -0.3 is 40.9 Å². The molecule has 4 unspecified atom stereocenters. The van der Waals surface area contributed by atoms with Crippen molar-refractivity contribution in [2.24, 2.45) is 9.98 Å². The molecule has 7 N–H and O–H groups in total. The summed E-state index contributed by atoms with van der Waals surface area (Å²) in [6, 6.07) is -0.921. The Bertz CT molecular complexity index is 2660. The molecular formula is C39H38N4O8S2. The Morgan fingerprint density at radius 1 is 0.849 bits per heavy atom. The van der Waals surface area contributed by atoms with Gasteiger partial charge in [-0.05, 0) is 59.0 Å². The molecule has 0 spiro atoms. The minimum atomic E-state index is -1.09. The number of hydrogen-bond acceptors (Lipinski definition) is 12. The summed E-state index contributed by atoms with van der Waals surface area (Å²) in [7, 11) is 1.49. The van der Waals surface area contributed by atoms with Gasteiger partial charge in [0.25, 0.3) is 0 Å². The minimum absolute atomic E-state index is 0.0625. The van der Waals surface area contributed by atoms with Crippen LogP contribution < -0.4 is 26.1 Å². The molecule has 0 radical (unpaired) electrons. The molecule has 4 aliphatic rings. The molecule has 12 nitrogen and oxygen atoms in total. The van der Waals surface area contributed by atoms with Crippen LogP contribution in [0, 0.1) is 0 Å². The van der Waals surface area contributed by atoms with Crippen LogP contribution in [0.2, 0.25) is 0 Å². The molecular weight excluding hydrogens is 717 g/mol. The van der Waals surface area contributed by atoms with Gasteiger partial charge in [0, 0.05) is 61.2 Å². The number of ether oxygens (including phenoxy) is 1. The topological polar surface area (TPSA) is 193 Å². The SMILES string of the molecule is CCC1Nc2c(c3c4c(c(CO)c5c6c(CO)c7c(c8c(O)c(OC)c9c(c(c2CC(C)=C9)c35)c86)=NC(C(=O)O)CS7)CSC(C(=O)O)N=4)NC1CC. The Hall–Kier alpha value is -4.50. The Morgan fingerprint density at radius 2 is 1.53 bits per heavy atom. The number of carbonyl (C=O) groups is 2. The van der Waals surface area contributed by atoms with Crippen molar-refractivity contribution < 1.29 is 39.9 Å². The summed E-state index contributed by atoms with van der Waals surface area (Å²) in [6.45, 7) is 5.50. The van der Waals surface area contributed by atoms with Gasteiger partial charge in [-0.15, -0.1) is 23.5 Å². The number of carboxylic acids is 2. The van der Waals surface area contributed by atoms with Crippen LogP contribution in [-0.4, -0.2) is 73.8 Å². The molecule has 53 heavy (non-hydrogen) atoms. The zero-order valence-corrected chi connectivity index (χ0v) is 31.1. The first-order valence-electron chi connectivity index (χ1n) is 17.8. The number of methoxy groups -OCH3 is 1. The lowest BCUT2D eigenvalue weighted by Gasteiger charge is -2.39. The first-order valence-corrected chi connectivity index (χ1v) is 19.8. The van der Waals surface area contributed by atoms with Crippen molar-refractivity contribution in [3.05, 3.63) is 44.1 Å². The monoisotopic (exact) mass is 754 g/mol. The lowest BCUT2D eigenvalue weighted by Crippen LogP contribution is -2.43. The number of thioether (sulfide) groups is 2. The molecule has 5 aromatic rings. The number of aliphatic hydroxyl groups excluding tert-OH is 2. The number of hydrogen-bond donors (Lipinski definition) is 7. The summed E-state index contributed by atoms with van der Waals surface area (Å²) < 4.78 is 6.01. The molecule has 0 fully saturated rings. The second kappa shape index (κ2) is 12.3. The van der Waals surface area contributed by atoms with Crippen LogP contribution in [0.1, 0.15) is 61.4 Å². The normalized spacial score (nSPS) is 21.7. The molecule has 14 heteroatoms. The number of carboxylic acid groups (broad SMARTS) is 2. The van der Waals surface area contributed by atoms with E-state index >= 15 is 0 Å². The number of fused-ring (bicyclic) bond motifs is 8. The second-order valence-corrected chi connectivity index (χ2v) is 16.3. The van der Waals surface area contributed by atoms with Crippen molar-refractivity contribution in [3.8, 4) is 11.5 Å². The summed E-state index contributed by atoms with van der Waals surface area (Å²) in [4.78, 5) is 35.0. The fourth-order valence-corrected chi connectivity index (χ4v) is 11.4. The van der Waals surface area contributed by atoms with Crippen molar-refractivity contribution in [3.63, 3.8) is 0 Å². The molecule has 0 bridgehead atoms. The minimum Gasteiger partial charge on any atom is -0.504 e. The van der Waals surface area contributed by atoms with Crippen molar-refractivity contribution in [2.45, 2.75) is 87.4 Å². The highest BCUT2D eigenvalue weighted by Crippen LogP contribution is 2.57. The number of rotatable bonds is 7. The zero-order chi connectivity index (χ0) is 37.2. The third-order valence-corrected chi connectivity index (χ3v) is 13.8. The standard InChI is InChI=1S/C39H38N4O8S2/c1-5-19-20(6-2)41-32-28-26-22-14(31(32)40-19)7-13(3)8-15-23(22)27-25(24(26)16(9-44)18-11-53-37(39(49)50)43-30(18)28)17(10-45)36-33(29(27)34(46)35(15)51-4)42-21(12-52-36)38(47)48/h8,19-21,37,40-41,44-46H,5-7,9-12H2,1-4H3,(H,47,48)(H,49,50). The number of aliphatic carboxylic acids is 2. The maximum Gasteiger partial charge on any atom is 0.338 e. The van der Waals surface area contributed by atoms with Crippen LogP contribution in [-0.2, 0) is 35.0 Å². The molecule has 0 amide bonds. The number of benzene rings is 5. The van der Waals surface area contributed by atoms with Crippen LogP contribution in [0.25, 0.3) is 49.2 Å². The van der Waals surface area contributed by atoms with Crippen LogP contribution >= 0.6 is 23.5 Å². The van der Waals surface area contributed by atoms with E-state index in [4.69, 9.17) is 14.7 Å². The van der Waals surface area contributed by atoms with E-state index in [1.165, 1.54) is 30.6 Å². The smallest absolute Gasteiger partial charge is 0.338 e. The molecule has 0 aromatic heterocycles. The molecule has 9 rings (SSSR count). The number of aliphatic hydroxyl groups is 2. The highest BCUT2D eigenvalue weighted by molar-refractivity contribution is 8.00. The van der Waals surface area contributed by atoms with E-state index in [0.717, 1.165) is 62.5 Å². The molecule has 0 saturated carbocycles. The predicted octanol–water partition coefficient (Wildman–Crippen LogP) is 5.25. The Balaban J connectivity index is 1.68. The van der Waals surface area contributed by atoms with Crippen LogP contribution in [0.4, 0.5) is 11.4 Å². The van der Waals surface area contributed by atoms with E-state index < -0.39 is 36.6 Å². The Labute approximate surface area is 311 Å². The number of anilines is 2. The first kappa shape index (κ1) is 34.3. The average Bonchev–Trinajstić information content (AvgIpc) is 3.31. The number of aromatic hydroxyl groups is 1. The fourth-order valence-electron chi connectivity index (χ4n) is 9.28. The van der Waals surface area contributed by atoms with Crippen LogP contribution in [0.5, 0.6) is 11.5 Å². The number of nitrogens with one attached hydrogen (secondary N) is 2. The molecule has 3 heterocycles. The number of allylic oxidation sites excluding steroid dienone is 1. The maximum atomic E-state index is 12.5. The van der Waals surface area contributed by atoms with Gasteiger partial charge in [0.15, 0.2) is 22.9 Å². The van der Waals surface area contributed by atoms with Crippen LogP contribution in [0.3, 0.4) is 0 Å². The Morgan fingerprint density at radius 3 is 2.17 bits per heavy atom. The molecule has 274 valence electrons. The summed E-state index contributed by atoms with van der Waals surface area (Å²) in [5.41, 5.74) is 6.16. The summed E-state index contributed by atoms with van der Waals surface area (Å²) >= 11 is 2.45. The summed E-state index contributed by atoms with van der Waals surface area (Å²) in [6.07, 6.45) is 4.22. The molecule has 1 aliphatic carbocycles. The zero-order valence-electron chi connectivity index (χ0n) is 29.5. The molecule has 4 atom stereocenters. The molecule has 5 aromatic carbocycles. The number of nitrogens with zero attached hydrogens (tertiary/aromatic N) is 2. The fraction of sp³-hybridized carbons (Fsp3) is 0.385. The number of phenols is 1. The summed E-state index contributed by atoms with van der Waals surface area (Å²) in [5, 5.41) is 68.1. The largest absolute Gasteiger partial charge is 0.504 e. The highest BCUT2D eigenvalue weighted by Gasteiger charge is 2.38. The van der Waals surface area contributed by atoms with Gasteiger partial charge >= 0.3 is 11.9 Å². The van der Waals surface area contributed by atoms with E-state index in [2.05, 4.69) is 24.5 Å². The average molecular weight is 755 g/mol. The third-order valence-electron chi connectivity index (χ3n) is 11.5. The lowest BCUT2D eigenvalue weighted by atomic mass is 9.79. The van der Waals surface area contributed by atoms with Gasteiger partial charge in [-0.1, -0.05) is 25.5 Å². The number of phenolic OH excluding ortho intramolecular Hbond substituents is 1. The van der Waals surface area contributed by atoms with Crippen LogP contribution in [0.15, 0.2) is 20.5 Å². The van der Waals surface area contributed by atoms with E-state index in [9.17, 15) is 35.1 Å². The van der Waals surface area contributed by atoms with Crippen molar-refractivity contribution >= 4 is 96.0 Å². The molecule has 3 aliphatic heterocycles. The quantitative estimate of drug-likeness (QED) is 0.0845. The van der Waals surface area contributed by atoms with E-state index in [1.807, 2.05) is 13.0 Å². The second-order valence-electron chi connectivity index (χ2n) is 14.2. The third kappa shape index (κ3) is 4.52. The Kier molecular flexibility index (Phi) is 7.93. The van der Waals surface area contributed by atoms with Gasteiger partial charge in [-0.25, -0.2) is 9.59 Å². The molecule has 0 saturated heterocycles. The van der Waals surface area contributed by atoms with E-state index in [1.54, 1.807) is 0 Å². The summed E-state index contributed by atoms with van der Waals surface area (Å²) in [5.74, 6) is -1.69. The van der Waals surface area contributed by atoms with E-state index in [0.29, 0.717) is 54.9 Å². The van der Waals surface area contributed by atoms with E-state index in [-0.39, 0.29) is 40.4 Å². The van der Waals surface area contributed by atoms with Gasteiger partial charge in [0.1, 0.15) is 0 Å². The van der Waals surface area contributed by atoms with Gasteiger partial charge in [0.05, 0.1) is 47.8 Å². The lowest BCUT2D eigenvalue weighted by molar-refractivity contribution is -0.138. The van der Waals surface area contributed by atoms with Crippen molar-refractivity contribution in [1.82, 2.24) is 0 Å². The highest BCUT2D eigenvalue weighted by atomic mass is 32.2. The van der Waals surface area contributed by atoms with Gasteiger partial charge in [-0.2, -0.15) is 0 Å².